The molecule has 9 heteroatoms. The molecule has 0 spiro atoms. The van der Waals surface area contributed by atoms with E-state index < -0.39 is 105 Å². The molecule has 0 aliphatic heterocycles. The van der Waals surface area contributed by atoms with Gasteiger partial charge < -0.3 is 20.3 Å². The van der Waals surface area contributed by atoms with Crippen molar-refractivity contribution in [2.75, 3.05) is 37.8 Å². The van der Waals surface area contributed by atoms with Crippen molar-refractivity contribution in [3.63, 3.8) is 0 Å². The highest BCUT2D eigenvalue weighted by atomic mass is 35.5. The van der Waals surface area contributed by atoms with E-state index in [1.165, 1.54) is 6.08 Å². The molecule has 2 N–H and O–H groups in total. The molecule has 0 radical (unpaired) electrons. The summed E-state index contributed by atoms with van der Waals surface area (Å²) in [5.41, 5.74) is -2.59. The lowest BCUT2D eigenvalue weighted by atomic mass is 10.1. The molecule has 3 aromatic rings. The van der Waals surface area contributed by atoms with E-state index in [4.69, 9.17) is 28.7 Å². The summed E-state index contributed by atoms with van der Waals surface area (Å²) in [6.07, 6.45) is 0.540. The van der Waals surface area contributed by atoms with Crippen LogP contribution < -0.4 is 15.4 Å². The van der Waals surface area contributed by atoms with Gasteiger partial charge >= 0.3 is 0 Å². The summed E-state index contributed by atoms with van der Waals surface area (Å²) in [6, 6.07) is -2.81. The minimum absolute atomic E-state index is 0.210. The number of hydrogen-bond donors (Lipinski definition) is 2. The number of amides is 1. The number of carbonyl (C=O) groups is 1. The lowest BCUT2D eigenvalue weighted by Gasteiger charge is -2.16. The number of pyridine rings is 1. The fourth-order valence-electron chi connectivity index (χ4n) is 2.53. The van der Waals surface area contributed by atoms with E-state index in [1.807, 2.05) is 0 Å². The SMILES string of the molecule is [2H]/C(=C\CN(C)C)C(=O)Nc1c(OC([2H])([2H])C)c([2H])c2nc([2H])c(C#N)c(Nc3c([2H])c([2H])c(F)c(Cl)c3[2H])c2c1[2H]. The largest absolute Gasteiger partial charge is 0.492 e. The quantitative estimate of drug-likeness (QED) is 0.440. The minimum Gasteiger partial charge on any atom is -0.492 e. The number of nitriles is 1. The van der Waals surface area contributed by atoms with Crippen LogP contribution in [-0.2, 0) is 4.79 Å². The molecule has 33 heavy (non-hydrogen) atoms. The Balaban J connectivity index is 2.44. The normalized spacial score (nSPS) is 15.7. The van der Waals surface area contributed by atoms with Crippen LogP contribution in [0.25, 0.3) is 10.9 Å². The molecule has 7 nitrogen and oxygen atoms in total. The lowest BCUT2D eigenvalue weighted by molar-refractivity contribution is -0.111. The van der Waals surface area contributed by atoms with Crippen molar-refractivity contribution in [1.82, 2.24) is 9.88 Å². The average molecular weight is 477 g/mol. The second-order valence-corrected chi connectivity index (χ2v) is 7.02. The van der Waals surface area contributed by atoms with Gasteiger partial charge in [0.2, 0.25) is 5.91 Å². The van der Waals surface area contributed by atoms with Gasteiger partial charge in [0.1, 0.15) is 17.6 Å². The summed E-state index contributed by atoms with van der Waals surface area (Å²) in [5, 5.41) is 13.4. The fraction of sp³-hybridized carbons (Fsp3) is 0.208. The van der Waals surface area contributed by atoms with Gasteiger partial charge in [-0.25, -0.2) is 4.39 Å². The molecule has 1 amide bonds. The third-order valence-corrected chi connectivity index (χ3v) is 4.20. The molecular weight excluding hydrogens is 445 g/mol. The molecular formula is C24H23ClFN5O2. The zero-order valence-corrected chi connectivity index (χ0v) is 18.5. The van der Waals surface area contributed by atoms with E-state index in [-0.39, 0.29) is 6.54 Å². The maximum Gasteiger partial charge on any atom is 0.248 e. The maximum absolute atomic E-state index is 14.2. The van der Waals surface area contributed by atoms with Gasteiger partial charge in [-0.3, -0.25) is 9.78 Å². The Hall–Kier alpha value is -3.67. The number of carbonyl (C=O) groups excluding carboxylic acids is 1. The van der Waals surface area contributed by atoms with Crippen LogP contribution in [0.15, 0.2) is 48.5 Å². The van der Waals surface area contributed by atoms with Crippen molar-refractivity contribution in [1.29, 1.82) is 5.26 Å². The van der Waals surface area contributed by atoms with Gasteiger partial charge in [0.05, 0.1) is 46.4 Å². The molecule has 0 fully saturated rings. The smallest absolute Gasteiger partial charge is 0.248 e. The van der Waals surface area contributed by atoms with E-state index in [0.29, 0.717) is 0 Å². The fourth-order valence-corrected chi connectivity index (χ4v) is 2.67. The number of nitrogens with one attached hydrogen (secondary N) is 2. The molecule has 0 atom stereocenters. The van der Waals surface area contributed by atoms with Crippen LogP contribution in [-0.4, -0.2) is 43.0 Å². The molecule has 3 rings (SSSR count). The van der Waals surface area contributed by atoms with Crippen LogP contribution in [0.4, 0.5) is 21.5 Å². The molecule has 0 unspecified atom stereocenters. The zero-order chi connectivity index (χ0) is 31.8. The molecule has 0 bridgehead atoms. The summed E-state index contributed by atoms with van der Waals surface area (Å²) in [5.74, 6) is -3.03. The van der Waals surface area contributed by atoms with Crippen molar-refractivity contribution in [2.45, 2.75) is 6.92 Å². The van der Waals surface area contributed by atoms with Crippen molar-refractivity contribution >= 4 is 45.5 Å². The van der Waals surface area contributed by atoms with Crippen molar-refractivity contribution in [2.24, 2.45) is 0 Å². The number of ether oxygens (including phenoxy) is 1. The van der Waals surface area contributed by atoms with Gasteiger partial charge in [-0.15, -0.1) is 0 Å². The average Bonchev–Trinajstić information content (AvgIpc) is 2.91. The molecule has 1 aromatic heterocycles. The molecule has 0 aliphatic carbocycles. The predicted octanol–water partition coefficient (Wildman–Crippen LogP) is 5.10. The first-order valence-electron chi connectivity index (χ1n) is 13.8. The van der Waals surface area contributed by atoms with Crippen LogP contribution in [0, 0.1) is 17.1 Å². The number of benzene rings is 2. The highest BCUT2D eigenvalue weighted by molar-refractivity contribution is 6.31. The van der Waals surface area contributed by atoms with Gasteiger partial charge in [-0.05, 0) is 45.2 Å². The molecule has 0 aliphatic rings. The number of hydrogen-bond acceptors (Lipinski definition) is 6. The zero-order valence-electron chi connectivity index (χ0n) is 26.7. The number of halogens is 2. The van der Waals surface area contributed by atoms with Crippen molar-refractivity contribution < 1.29 is 26.3 Å². The first-order valence-corrected chi connectivity index (χ1v) is 9.70. The second-order valence-electron chi connectivity index (χ2n) is 6.64. The minimum atomic E-state index is -2.44. The number of anilines is 3. The number of likely N-dealkylation sites (N-methyl/N-ethyl adjacent to an activating group) is 1. The van der Waals surface area contributed by atoms with Crippen LogP contribution in [0.1, 0.15) is 24.8 Å². The van der Waals surface area contributed by atoms with Crippen molar-refractivity contribution in [3.05, 3.63) is 64.9 Å². The highest BCUT2D eigenvalue weighted by Crippen LogP contribution is 2.36. The van der Waals surface area contributed by atoms with E-state index >= 15 is 0 Å². The number of rotatable bonds is 8. The van der Waals surface area contributed by atoms with Gasteiger partial charge in [0.15, 0.2) is 0 Å². The molecule has 0 saturated heterocycles. The monoisotopic (exact) mass is 476 g/mol. The standard InChI is InChI=1S/C24H23ClFN5O2/c1-4-33-22-12-20-17(11-21(22)30-23(32)6-5-9-31(2)3)24(15(13-27)14-28-20)29-16-7-8-19(26)18(25)10-16/h5-8,10-12,14H,4,9H2,1-3H3,(H,28,29)(H,30,32)/b6-5+/i4D2,6D,7D,8D,10D,11D,12D,14D. The Kier molecular flexibility index (Phi) is 4.72. The predicted molar refractivity (Wildman–Crippen MR) is 129 cm³/mol. The highest BCUT2D eigenvalue weighted by Gasteiger charge is 2.15. The Bertz CT molecular complexity index is 1660. The lowest BCUT2D eigenvalue weighted by Crippen LogP contribution is -2.13. The number of fused-ring (bicyclic) bond motifs is 1. The van der Waals surface area contributed by atoms with Gasteiger partial charge in [0.25, 0.3) is 0 Å². The van der Waals surface area contributed by atoms with Gasteiger partial charge in [0, 0.05) is 35.9 Å². The first-order chi connectivity index (χ1) is 19.4. The van der Waals surface area contributed by atoms with Gasteiger partial charge in [-0.2, -0.15) is 5.26 Å². The molecule has 170 valence electrons. The summed E-state index contributed by atoms with van der Waals surface area (Å²) in [4.78, 5) is 18.5. The van der Waals surface area contributed by atoms with Crippen LogP contribution in [0.5, 0.6) is 5.75 Å². The summed E-state index contributed by atoms with van der Waals surface area (Å²) >= 11 is 5.83. The molecule has 1 heterocycles. The van der Waals surface area contributed by atoms with Crippen LogP contribution in [0.3, 0.4) is 0 Å². The van der Waals surface area contributed by atoms with E-state index in [9.17, 15) is 14.4 Å². The third kappa shape index (κ3) is 5.98. The summed E-state index contributed by atoms with van der Waals surface area (Å²) < 4.78 is 93.2. The Labute approximate surface area is 209 Å². The summed E-state index contributed by atoms with van der Waals surface area (Å²) in [7, 11) is 3.40. The number of nitrogens with zero attached hydrogens (tertiary/aromatic N) is 3. The first kappa shape index (κ1) is 14.5. The van der Waals surface area contributed by atoms with Crippen LogP contribution in [0.2, 0.25) is 5.02 Å². The maximum atomic E-state index is 14.2. The van der Waals surface area contributed by atoms with E-state index in [1.54, 1.807) is 25.1 Å². The summed E-state index contributed by atoms with van der Waals surface area (Å²) in [6.45, 7) is -1.23. The van der Waals surface area contributed by atoms with E-state index in [2.05, 4.69) is 15.6 Å². The van der Waals surface area contributed by atoms with Crippen LogP contribution >= 0.6 is 11.6 Å². The van der Waals surface area contributed by atoms with E-state index in [0.717, 1.165) is 6.92 Å². The second kappa shape index (κ2) is 10.8. The molecule has 0 saturated carbocycles. The van der Waals surface area contributed by atoms with Gasteiger partial charge in [-0.1, -0.05) is 17.7 Å². The topological polar surface area (TPSA) is 90.3 Å². The Morgan fingerprint density at radius 1 is 1.45 bits per heavy atom. The van der Waals surface area contributed by atoms with Crippen molar-refractivity contribution in [3.8, 4) is 11.8 Å². The Morgan fingerprint density at radius 2 is 2.24 bits per heavy atom. The third-order valence-electron chi connectivity index (χ3n) is 3.94. The Morgan fingerprint density at radius 3 is 2.94 bits per heavy atom. The number of aromatic nitrogens is 1. The molecule has 2 aromatic carbocycles.